The predicted octanol–water partition coefficient (Wildman–Crippen LogP) is 1.27. The van der Waals surface area contributed by atoms with E-state index in [2.05, 4.69) is 15.0 Å². The molecule has 0 aliphatic carbocycles. The highest BCUT2D eigenvalue weighted by molar-refractivity contribution is 7.92. The van der Waals surface area contributed by atoms with E-state index in [-0.39, 0.29) is 13.0 Å². The van der Waals surface area contributed by atoms with Gasteiger partial charge in [0, 0.05) is 12.0 Å². The van der Waals surface area contributed by atoms with Crippen molar-refractivity contribution >= 4 is 33.0 Å². The molecule has 3 aromatic rings. The molecule has 0 saturated heterocycles. The minimum atomic E-state index is -3.69. The van der Waals surface area contributed by atoms with Crippen LogP contribution < -0.4 is 10.3 Å². The summed E-state index contributed by atoms with van der Waals surface area (Å²) in [6.45, 7) is -0.547. The number of aromatic nitrogens is 3. The van der Waals surface area contributed by atoms with E-state index >= 15 is 0 Å². The van der Waals surface area contributed by atoms with Crippen LogP contribution in [0.2, 0.25) is 0 Å². The van der Waals surface area contributed by atoms with Crippen LogP contribution in [-0.2, 0) is 26.3 Å². The summed E-state index contributed by atoms with van der Waals surface area (Å²) in [6.07, 6.45) is 1.25. The Morgan fingerprint density at radius 2 is 1.83 bits per heavy atom. The van der Waals surface area contributed by atoms with Gasteiger partial charge in [0.05, 0.1) is 11.8 Å². The largest absolute Gasteiger partial charge is 0.442 e. The van der Waals surface area contributed by atoms with Crippen molar-refractivity contribution in [2.24, 2.45) is 0 Å². The number of nitrogens with one attached hydrogen (secondary N) is 1. The van der Waals surface area contributed by atoms with Crippen molar-refractivity contribution in [3.63, 3.8) is 0 Å². The van der Waals surface area contributed by atoms with Crippen molar-refractivity contribution in [2.45, 2.75) is 13.2 Å². The van der Waals surface area contributed by atoms with E-state index in [0.717, 1.165) is 15.7 Å². The van der Waals surface area contributed by atoms with Crippen LogP contribution in [0.25, 0.3) is 17.0 Å². The minimum absolute atomic E-state index is 0.140. The number of benzene rings is 2. The zero-order valence-electron chi connectivity index (χ0n) is 15.3. The highest BCUT2D eigenvalue weighted by Crippen LogP contribution is 2.04. The van der Waals surface area contributed by atoms with E-state index in [9.17, 15) is 18.0 Å². The SMILES string of the molecule is O=C(CCNS(=O)(=O)/C=C/c1ccccc1)OCn1nnc2ccccc2c1=O. The zero-order valence-corrected chi connectivity index (χ0v) is 16.1. The van der Waals surface area contributed by atoms with Crippen LogP contribution in [0, 0.1) is 0 Å². The Hall–Kier alpha value is -3.37. The van der Waals surface area contributed by atoms with Crippen LogP contribution in [0.15, 0.2) is 64.8 Å². The number of fused-ring (bicyclic) bond motifs is 1. The van der Waals surface area contributed by atoms with Crippen LogP contribution in [0.1, 0.15) is 12.0 Å². The summed E-state index contributed by atoms with van der Waals surface area (Å²) >= 11 is 0. The lowest BCUT2D eigenvalue weighted by molar-refractivity contribution is -0.147. The molecule has 2 aromatic carbocycles. The molecular weight excluding hydrogens is 396 g/mol. The molecule has 10 heteroatoms. The van der Waals surface area contributed by atoms with Crippen LogP contribution in [0.4, 0.5) is 0 Å². The molecule has 0 aliphatic heterocycles. The molecule has 1 heterocycles. The van der Waals surface area contributed by atoms with Gasteiger partial charge >= 0.3 is 5.97 Å². The number of rotatable bonds is 8. The maximum absolute atomic E-state index is 12.2. The minimum Gasteiger partial charge on any atom is -0.442 e. The van der Waals surface area contributed by atoms with Gasteiger partial charge in [-0.25, -0.2) is 13.1 Å². The van der Waals surface area contributed by atoms with E-state index in [4.69, 9.17) is 4.74 Å². The lowest BCUT2D eigenvalue weighted by Gasteiger charge is -2.07. The molecular formula is C19H18N4O5S. The van der Waals surface area contributed by atoms with Crippen LogP contribution in [-0.4, -0.2) is 35.9 Å². The highest BCUT2D eigenvalue weighted by atomic mass is 32.2. The van der Waals surface area contributed by atoms with E-state index in [0.29, 0.717) is 10.9 Å². The predicted molar refractivity (Wildman–Crippen MR) is 107 cm³/mol. The number of hydrogen-bond donors (Lipinski definition) is 1. The van der Waals surface area contributed by atoms with Gasteiger partial charge in [0.25, 0.3) is 5.56 Å². The first kappa shape index (κ1) is 20.4. The van der Waals surface area contributed by atoms with Gasteiger partial charge in [-0.05, 0) is 23.8 Å². The Labute approximate surface area is 166 Å². The number of carbonyl (C=O) groups is 1. The summed E-state index contributed by atoms with van der Waals surface area (Å²) in [7, 11) is -3.69. The van der Waals surface area contributed by atoms with Crippen molar-refractivity contribution in [1.82, 2.24) is 19.7 Å². The van der Waals surface area contributed by atoms with Gasteiger partial charge in [-0.15, -0.1) is 5.10 Å². The molecule has 150 valence electrons. The van der Waals surface area contributed by atoms with E-state index in [1.165, 1.54) is 6.08 Å². The Bertz CT molecular complexity index is 1190. The molecule has 1 N–H and O–H groups in total. The summed E-state index contributed by atoms with van der Waals surface area (Å²) in [4.78, 5) is 24.1. The third kappa shape index (κ3) is 5.80. The Morgan fingerprint density at radius 3 is 2.62 bits per heavy atom. The second-order valence-electron chi connectivity index (χ2n) is 5.96. The molecule has 0 unspecified atom stereocenters. The monoisotopic (exact) mass is 414 g/mol. The van der Waals surface area contributed by atoms with Gasteiger partial charge in [0.1, 0.15) is 5.52 Å². The number of ether oxygens (including phenoxy) is 1. The number of hydrogen-bond acceptors (Lipinski definition) is 7. The maximum Gasteiger partial charge on any atom is 0.308 e. The first-order chi connectivity index (χ1) is 13.9. The topological polar surface area (TPSA) is 120 Å². The van der Waals surface area contributed by atoms with Crippen LogP contribution in [0.3, 0.4) is 0 Å². The second-order valence-corrected chi connectivity index (χ2v) is 7.61. The fraction of sp³-hybridized carbons (Fsp3) is 0.158. The van der Waals surface area contributed by atoms with Crippen molar-refractivity contribution in [1.29, 1.82) is 0 Å². The molecule has 0 aliphatic rings. The molecule has 1 aromatic heterocycles. The number of nitrogens with zero attached hydrogens (tertiary/aromatic N) is 3. The molecule has 9 nitrogen and oxygen atoms in total. The van der Waals surface area contributed by atoms with E-state index in [1.54, 1.807) is 48.5 Å². The van der Waals surface area contributed by atoms with Gasteiger partial charge in [0.15, 0.2) is 6.73 Å². The number of carbonyl (C=O) groups excluding carboxylic acids is 1. The zero-order chi connectivity index (χ0) is 20.7. The maximum atomic E-state index is 12.2. The van der Waals surface area contributed by atoms with Crippen LogP contribution >= 0.6 is 0 Å². The van der Waals surface area contributed by atoms with Crippen molar-refractivity contribution in [3.05, 3.63) is 75.9 Å². The normalized spacial score (nSPS) is 11.7. The molecule has 0 saturated carbocycles. The first-order valence-electron chi connectivity index (χ1n) is 8.65. The standard InChI is InChI=1S/C19H18N4O5S/c24-18(10-12-20-29(26,27)13-11-15-6-2-1-3-7-15)28-14-23-19(25)16-8-4-5-9-17(16)21-22-23/h1-9,11,13,20H,10,12,14H2/b13-11+. The molecule has 0 amide bonds. The van der Waals surface area contributed by atoms with Crippen molar-refractivity contribution in [2.75, 3.05) is 6.54 Å². The molecule has 3 rings (SSSR count). The highest BCUT2D eigenvalue weighted by Gasteiger charge is 2.10. The molecule has 0 radical (unpaired) electrons. The molecule has 0 atom stereocenters. The summed E-state index contributed by atoms with van der Waals surface area (Å²) in [5, 5.41) is 8.97. The third-order valence-corrected chi connectivity index (χ3v) is 4.95. The van der Waals surface area contributed by atoms with Crippen molar-refractivity contribution in [3.8, 4) is 0 Å². The summed E-state index contributed by atoms with van der Waals surface area (Å²) in [5.74, 6) is -0.679. The van der Waals surface area contributed by atoms with Gasteiger partial charge < -0.3 is 4.74 Å². The number of sulfonamides is 1. The molecule has 0 bridgehead atoms. The summed E-state index contributed by atoms with van der Waals surface area (Å²) in [6, 6.07) is 15.6. The fourth-order valence-corrected chi connectivity index (χ4v) is 3.21. The Morgan fingerprint density at radius 1 is 1.10 bits per heavy atom. The summed E-state index contributed by atoms with van der Waals surface area (Å²) < 4.78 is 32.0. The Balaban J connectivity index is 1.48. The number of esters is 1. The van der Waals surface area contributed by atoms with Crippen LogP contribution in [0.5, 0.6) is 0 Å². The van der Waals surface area contributed by atoms with Crippen molar-refractivity contribution < 1.29 is 17.9 Å². The van der Waals surface area contributed by atoms with E-state index in [1.807, 2.05) is 6.07 Å². The average Bonchev–Trinajstić information content (AvgIpc) is 2.73. The van der Waals surface area contributed by atoms with Gasteiger partial charge in [-0.3, -0.25) is 9.59 Å². The molecule has 29 heavy (non-hydrogen) atoms. The quantitative estimate of drug-likeness (QED) is 0.551. The Kier molecular flexibility index (Phi) is 6.47. The van der Waals surface area contributed by atoms with Gasteiger partial charge in [0.2, 0.25) is 10.0 Å². The third-order valence-electron chi connectivity index (χ3n) is 3.85. The van der Waals surface area contributed by atoms with Gasteiger partial charge in [-0.1, -0.05) is 47.7 Å². The molecule has 0 fully saturated rings. The molecule has 0 spiro atoms. The smallest absolute Gasteiger partial charge is 0.308 e. The fourth-order valence-electron chi connectivity index (χ4n) is 2.39. The van der Waals surface area contributed by atoms with E-state index < -0.39 is 28.3 Å². The van der Waals surface area contributed by atoms with Gasteiger partial charge in [-0.2, -0.15) is 4.68 Å². The average molecular weight is 414 g/mol. The first-order valence-corrected chi connectivity index (χ1v) is 10.2. The lowest BCUT2D eigenvalue weighted by Crippen LogP contribution is -2.28. The lowest BCUT2D eigenvalue weighted by atomic mass is 10.2. The summed E-state index contributed by atoms with van der Waals surface area (Å²) in [5.41, 5.74) is 0.743. The second kappa shape index (κ2) is 9.22.